The fourth-order valence-electron chi connectivity index (χ4n) is 2.86. The summed E-state index contributed by atoms with van der Waals surface area (Å²) in [6.07, 6.45) is 1.97. The van der Waals surface area contributed by atoms with E-state index in [-0.39, 0.29) is 5.91 Å². The van der Waals surface area contributed by atoms with E-state index in [1.54, 1.807) is 11.8 Å². The monoisotopic (exact) mass is 291 g/mol. The van der Waals surface area contributed by atoms with Gasteiger partial charge in [-0.15, -0.1) is 0 Å². The lowest BCUT2D eigenvalue weighted by Gasteiger charge is -2.36. The number of nitrogens with zero attached hydrogens (tertiary/aromatic N) is 1. The van der Waals surface area contributed by atoms with Crippen LogP contribution in [0.4, 0.5) is 0 Å². The number of ether oxygens (including phenoxy) is 1. The van der Waals surface area contributed by atoms with E-state index in [1.165, 1.54) is 0 Å². The van der Waals surface area contributed by atoms with Gasteiger partial charge in [-0.05, 0) is 56.9 Å². The van der Waals surface area contributed by atoms with Gasteiger partial charge in [0.1, 0.15) is 5.75 Å². The van der Waals surface area contributed by atoms with Crippen LogP contribution in [-0.2, 0) is 4.79 Å². The van der Waals surface area contributed by atoms with Gasteiger partial charge < -0.3 is 14.7 Å². The first-order chi connectivity index (χ1) is 9.85. The number of β-amino-alcohol motifs (C(OH)–C–C–N with tert-alkyl or cyclic N) is 1. The molecule has 1 atom stereocenters. The van der Waals surface area contributed by atoms with Crippen molar-refractivity contribution in [2.45, 2.75) is 45.6 Å². The van der Waals surface area contributed by atoms with E-state index in [0.29, 0.717) is 19.6 Å². The summed E-state index contributed by atoms with van der Waals surface area (Å²) in [6.45, 7) is 7.38. The smallest absolute Gasteiger partial charge is 0.226 e. The van der Waals surface area contributed by atoms with Crippen LogP contribution in [0.5, 0.6) is 5.75 Å². The Balaban J connectivity index is 1.81. The highest BCUT2D eigenvalue weighted by molar-refractivity contribution is 5.76. The van der Waals surface area contributed by atoms with Gasteiger partial charge in [-0.3, -0.25) is 4.79 Å². The predicted octanol–water partition coefficient (Wildman–Crippen LogP) is 2.45. The fraction of sp³-hybridized carbons (Fsp3) is 0.588. The number of rotatable bonds is 4. The first-order valence-corrected chi connectivity index (χ1v) is 7.57. The molecule has 4 nitrogen and oxygen atoms in total. The van der Waals surface area contributed by atoms with Crippen molar-refractivity contribution in [1.29, 1.82) is 0 Å². The van der Waals surface area contributed by atoms with Crippen molar-refractivity contribution in [2.24, 2.45) is 0 Å². The average molecular weight is 291 g/mol. The molecule has 0 bridgehead atoms. The molecule has 116 valence electrons. The molecule has 21 heavy (non-hydrogen) atoms. The van der Waals surface area contributed by atoms with Crippen LogP contribution in [0.2, 0.25) is 0 Å². The number of carbonyl (C=O) groups is 1. The summed E-state index contributed by atoms with van der Waals surface area (Å²) in [6, 6.07) is 6.04. The molecule has 1 N–H and O–H groups in total. The number of carbonyl (C=O) groups excluding carboxylic acids is 1. The molecule has 2 rings (SSSR count). The second-order valence-corrected chi connectivity index (χ2v) is 6.34. The molecule has 1 aliphatic rings. The highest BCUT2D eigenvalue weighted by Gasteiger charge is 2.30. The zero-order valence-electron chi connectivity index (χ0n) is 13.2. The summed E-state index contributed by atoms with van der Waals surface area (Å²) >= 11 is 0. The summed E-state index contributed by atoms with van der Waals surface area (Å²) in [5.74, 6) is 0.866. The van der Waals surface area contributed by atoms with Crippen LogP contribution >= 0.6 is 0 Å². The lowest BCUT2D eigenvalue weighted by Crippen LogP contribution is -2.48. The lowest BCUT2D eigenvalue weighted by molar-refractivity contribution is -0.138. The molecule has 0 spiro atoms. The minimum Gasteiger partial charge on any atom is -0.493 e. The standard InChI is InChI=1S/C17H25NO3/c1-13-9-14(2)11-15(10-13)21-8-5-16(19)18-7-4-6-17(3,20)12-18/h9-11,20H,4-8,12H2,1-3H3. The third kappa shape index (κ3) is 4.74. The number of hydrogen-bond acceptors (Lipinski definition) is 3. The Morgan fingerprint density at radius 2 is 2.00 bits per heavy atom. The number of benzene rings is 1. The van der Waals surface area contributed by atoms with Crippen molar-refractivity contribution < 1.29 is 14.6 Å². The molecule has 0 aromatic heterocycles. The van der Waals surface area contributed by atoms with Crippen molar-refractivity contribution in [2.75, 3.05) is 19.7 Å². The van der Waals surface area contributed by atoms with Crippen molar-refractivity contribution in [3.63, 3.8) is 0 Å². The molecular weight excluding hydrogens is 266 g/mol. The Kier molecular flexibility index (Phi) is 4.88. The second-order valence-electron chi connectivity index (χ2n) is 6.34. The minimum atomic E-state index is -0.748. The van der Waals surface area contributed by atoms with E-state index in [2.05, 4.69) is 6.07 Å². The quantitative estimate of drug-likeness (QED) is 0.927. The molecule has 0 saturated carbocycles. The van der Waals surface area contributed by atoms with Gasteiger partial charge in [-0.2, -0.15) is 0 Å². The Labute approximate surface area is 126 Å². The SMILES string of the molecule is Cc1cc(C)cc(OCCC(=O)N2CCCC(C)(O)C2)c1. The zero-order chi connectivity index (χ0) is 15.5. The number of likely N-dealkylation sites (tertiary alicyclic amines) is 1. The van der Waals surface area contributed by atoms with Gasteiger partial charge in [0.25, 0.3) is 0 Å². The van der Waals surface area contributed by atoms with Gasteiger partial charge in [-0.1, -0.05) is 6.07 Å². The number of amides is 1. The van der Waals surface area contributed by atoms with Crippen LogP contribution < -0.4 is 4.74 Å². The fourth-order valence-corrected chi connectivity index (χ4v) is 2.86. The molecule has 1 unspecified atom stereocenters. The van der Waals surface area contributed by atoms with Crippen molar-refractivity contribution in [3.8, 4) is 5.75 Å². The summed E-state index contributed by atoms with van der Waals surface area (Å²) in [5.41, 5.74) is 1.56. The predicted molar refractivity (Wildman–Crippen MR) is 82.5 cm³/mol. The second kappa shape index (κ2) is 6.48. The Morgan fingerprint density at radius 3 is 2.62 bits per heavy atom. The Morgan fingerprint density at radius 1 is 1.33 bits per heavy atom. The molecule has 1 aromatic carbocycles. The first kappa shape index (κ1) is 15.8. The maximum atomic E-state index is 12.1. The molecule has 4 heteroatoms. The maximum Gasteiger partial charge on any atom is 0.226 e. The molecule has 1 heterocycles. The van der Waals surface area contributed by atoms with Crippen LogP contribution in [-0.4, -0.2) is 41.2 Å². The van der Waals surface area contributed by atoms with E-state index in [4.69, 9.17) is 4.74 Å². The third-order valence-corrected chi connectivity index (χ3v) is 3.81. The van der Waals surface area contributed by atoms with Crippen LogP contribution in [0.1, 0.15) is 37.3 Å². The Bertz CT molecular complexity index is 491. The van der Waals surface area contributed by atoms with E-state index in [0.717, 1.165) is 36.3 Å². The number of piperidine rings is 1. The largest absolute Gasteiger partial charge is 0.493 e. The topological polar surface area (TPSA) is 49.8 Å². The molecule has 1 saturated heterocycles. The number of aliphatic hydroxyl groups is 1. The van der Waals surface area contributed by atoms with Crippen LogP contribution in [0.15, 0.2) is 18.2 Å². The van der Waals surface area contributed by atoms with Gasteiger partial charge in [0.2, 0.25) is 5.91 Å². The number of hydrogen-bond donors (Lipinski definition) is 1. The van der Waals surface area contributed by atoms with Crippen LogP contribution in [0, 0.1) is 13.8 Å². The molecule has 1 fully saturated rings. The van der Waals surface area contributed by atoms with E-state index in [1.807, 2.05) is 26.0 Å². The normalized spacial score (nSPS) is 22.2. The van der Waals surface area contributed by atoms with Gasteiger partial charge in [0.15, 0.2) is 0 Å². The van der Waals surface area contributed by atoms with Gasteiger partial charge in [-0.25, -0.2) is 0 Å². The van der Waals surface area contributed by atoms with E-state index < -0.39 is 5.60 Å². The highest BCUT2D eigenvalue weighted by atomic mass is 16.5. The van der Waals surface area contributed by atoms with E-state index >= 15 is 0 Å². The average Bonchev–Trinajstić information content (AvgIpc) is 2.36. The maximum absolute atomic E-state index is 12.1. The molecule has 0 radical (unpaired) electrons. The summed E-state index contributed by atoms with van der Waals surface area (Å²) in [5, 5.41) is 10.0. The van der Waals surface area contributed by atoms with Crippen molar-refractivity contribution in [1.82, 2.24) is 4.90 Å². The van der Waals surface area contributed by atoms with Crippen molar-refractivity contribution >= 4 is 5.91 Å². The Hall–Kier alpha value is -1.55. The molecular formula is C17H25NO3. The third-order valence-electron chi connectivity index (χ3n) is 3.81. The molecule has 1 aliphatic heterocycles. The summed E-state index contributed by atoms with van der Waals surface area (Å²) in [7, 11) is 0. The molecule has 0 aliphatic carbocycles. The summed E-state index contributed by atoms with van der Waals surface area (Å²) in [4.78, 5) is 13.9. The van der Waals surface area contributed by atoms with Gasteiger partial charge >= 0.3 is 0 Å². The molecule has 1 aromatic rings. The van der Waals surface area contributed by atoms with Crippen molar-refractivity contribution in [3.05, 3.63) is 29.3 Å². The highest BCUT2D eigenvalue weighted by Crippen LogP contribution is 2.21. The van der Waals surface area contributed by atoms with E-state index in [9.17, 15) is 9.90 Å². The first-order valence-electron chi connectivity index (χ1n) is 7.57. The summed E-state index contributed by atoms with van der Waals surface area (Å²) < 4.78 is 5.67. The molecule has 1 amide bonds. The zero-order valence-corrected chi connectivity index (χ0v) is 13.2. The van der Waals surface area contributed by atoms with Gasteiger partial charge in [0, 0.05) is 13.1 Å². The minimum absolute atomic E-state index is 0.0550. The number of aryl methyl sites for hydroxylation is 2. The van der Waals surface area contributed by atoms with Crippen LogP contribution in [0.25, 0.3) is 0 Å². The van der Waals surface area contributed by atoms with Crippen LogP contribution in [0.3, 0.4) is 0 Å². The van der Waals surface area contributed by atoms with Gasteiger partial charge in [0.05, 0.1) is 18.6 Å². The lowest BCUT2D eigenvalue weighted by atomic mass is 9.95.